The first-order valence-corrected chi connectivity index (χ1v) is 6.66. The molecule has 0 amide bonds. The van der Waals surface area contributed by atoms with Crippen LogP contribution in [0.2, 0.25) is 0 Å². The van der Waals surface area contributed by atoms with Gasteiger partial charge in [0.25, 0.3) is 0 Å². The molecule has 0 spiro atoms. The van der Waals surface area contributed by atoms with Crippen LogP contribution in [0.25, 0.3) is 11.0 Å². The van der Waals surface area contributed by atoms with Crippen molar-refractivity contribution in [3.8, 4) is 5.75 Å². The minimum absolute atomic E-state index is 0.667. The summed E-state index contributed by atoms with van der Waals surface area (Å²) in [6, 6.07) is 6.18. The molecule has 2 aromatic rings. The largest absolute Gasteiger partial charge is 0.490 e. The Morgan fingerprint density at radius 3 is 2.89 bits per heavy atom. The van der Waals surface area contributed by atoms with E-state index in [1.807, 2.05) is 20.0 Å². The van der Waals surface area contributed by atoms with Crippen molar-refractivity contribution in [2.75, 3.05) is 13.7 Å². The van der Waals surface area contributed by atoms with Crippen LogP contribution in [0.1, 0.15) is 37.0 Å². The summed E-state index contributed by atoms with van der Waals surface area (Å²) in [5, 5.41) is 4.42. The number of para-hydroxylation sites is 1. The lowest BCUT2D eigenvalue weighted by Crippen LogP contribution is -2.05. The van der Waals surface area contributed by atoms with Gasteiger partial charge in [0.15, 0.2) is 11.3 Å². The first-order chi connectivity index (χ1) is 8.85. The third-order valence-electron chi connectivity index (χ3n) is 3.42. The number of ether oxygens (including phenoxy) is 1. The third kappa shape index (κ3) is 1.89. The van der Waals surface area contributed by atoms with E-state index in [2.05, 4.69) is 17.4 Å². The van der Waals surface area contributed by atoms with Crippen LogP contribution < -0.4 is 10.1 Å². The van der Waals surface area contributed by atoms with Crippen LogP contribution in [0.15, 0.2) is 22.6 Å². The van der Waals surface area contributed by atoms with E-state index in [4.69, 9.17) is 9.15 Å². The Bertz CT molecular complexity index is 555. The van der Waals surface area contributed by atoms with Crippen LogP contribution in [0, 0.1) is 0 Å². The Kier molecular flexibility index (Phi) is 3.00. The topological polar surface area (TPSA) is 34.4 Å². The Labute approximate surface area is 107 Å². The molecule has 18 heavy (non-hydrogen) atoms. The molecule has 0 saturated heterocycles. The summed E-state index contributed by atoms with van der Waals surface area (Å²) < 4.78 is 11.7. The number of benzene rings is 1. The minimum Gasteiger partial charge on any atom is -0.490 e. The second-order valence-electron chi connectivity index (χ2n) is 4.81. The second kappa shape index (κ2) is 4.65. The second-order valence-corrected chi connectivity index (χ2v) is 4.81. The summed E-state index contributed by atoms with van der Waals surface area (Å²) in [5.41, 5.74) is 2.30. The summed E-state index contributed by atoms with van der Waals surface area (Å²) in [4.78, 5) is 0. The number of hydrogen-bond donors (Lipinski definition) is 1. The van der Waals surface area contributed by atoms with E-state index in [0.717, 1.165) is 23.6 Å². The molecular formula is C15H19NO2. The van der Waals surface area contributed by atoms with Gasteiger partial charge in [0.1, 0.15) is 5.76 Å². The maximum absolute atomic E-state index is 6.04. The predicted molar refractivity (Wildman–Crippen MR) is 72.1 cm³/mol. The van der Waals surface area contributed by atoms with E-state index in [1.54, 1.807) is 0 Å². The molecule has 3 heteroatoms. The quantitative estimate of drug-likeness (QED) is 0.876. The van der Waals surface area contributed by atoms with Gasteiger partial charge >= 0.3 is 0 Å². The zero-order valence-corrected chi connectivity index (χ0v) is 11.0. The van der Waals surface area contributed by atoms with Crippen LogP contribution >= 0.6 is 0 Å². The number of hydrogen-bond acceptors (Lipinski definition) is 3. The Balaban J connectivity index is 2.16. The van der Waals surface area contributed by atoms with Gasteiger partial charge in [0, 0.05) is 10.9 Å². The molecule has 0 radical (unpaired) electrons. The molecule has 1 aromatic heterocycles. The highest BCUT2D eigenvalue weighted by Crippen LogP contribution is 2.47. The average molecular weight is 245 g/mol. The normalized spacial score (nSPS) is 15.2. The van der Waals surface area contributed by atoms with Crippen LogP contribution in [0.3, 0.4) is 0 Å². The lowest BCUT2D eigenvalue weighted by atomic mass is 10.1. The smallest absolute Gasteiger partial charge is 0.176 e. The molecule has 1 saturated carbocycles. The van der Waals surface area contributed by atoms with Gasteiger partial charge in [-0.05, 0) is 38.8 Å². The molecule has 1 aliphatic carbocycles. The van der Waals surface area contributed by atoms with E-state index in [9.17, 15) is 0 Å². The molecule has 1 fully saturated rings. The standard InChI is InChI=1S/C15H19NO2/c1-3-17-12-6-4-5-11-14(10-7-8-10)13(9-16-2)18-15(11)12/h4-6,10,16H,3,7-9H2,1-2H3. The van der Waals surface area contributed by atoms with Gasteiger partial charge in [-0.2, -0.15) is 0 Å². The molecule has 0 aliphatic heterocycles. The molecule has 1 aliphatic rings. The molecule has 1 N–H and O–H groups in total. The molecule has 96 valence electrons. The van der Waals surface area contributed by atoms with Crippen LogP contribution in [0.5, 0.6) is 5.75 Å². The SMILES string of the molecule is CCOc1cccc2c(C3CC3)c(CNC)oc12. The molecule has 0 bridgehead atoms. The van der Waals surface area contributed by atoms with E-state index in [0.29, 0.717) is 12.5 Å². The Morgan fingerprint density at radius 1 is 1.39 bits per heavy atom. The van der Waals surface area contributed by atoms with Gasteiger partial charge < -0.3 is 14.5 Å². The number of rotatable bonds is 5. The molecule has 1 aromatic carbocycles. The van der Waals surface area contributed by atoms with E-state index in [-0.39, 0.29) is 0 Å². The van der Waals surface area contributed by atoms with Gasteiger partial charge in [-0.15, -0.1) is 0 Å². The fourth-order valence-corrected chi connectivity index (χ4v) is 2.54. The highest BCUT2D eigenvalue weighted by atomic mass is 16.5. The summed E-state index contributed by atoms with van der Waals surface area (Å²) in [7, 11) is 1.95. The highest BCUT2D eigenvalue weighted by molar-refractivity contribution is 5.88. The average Bonchev–Trinajstić information content (AvgIpc) is 3.13. The summed E-state index contributed by atoms with van der Waals surface area (Å²) in [6.07, 6.45) is 2.56. The van der Waals surface area contributed by atoms with Crippen LogP contribution in [0.4, 0.5) is 0 Å². The van der Waals surface area contributed by atoms with Crippen LogP contribution in [-0.4, -0.2) is 13.7 Å². The fourth-order valence-electron chi connectivity index (χ4n) is 2.54. The monoisotopic (exact) mass is 245 g/mol. The van der Waals surface area contributed by atoms with Crippen molar-refractivity contribution in [3.63, 3.8) is 0 Å². The number of fused-ring (bicyclic) bond motifs is 1. The minimum atomic E-state index is 0.667. The Hall–Kier alpha value is -1.48. The zero-order chi connectivity index (χ0) is 12.5. The van der Waals surface area contributed by atoms with Gasteiger partial charge in [-0.3, -0.25) is 0 Å². The lowest BCUT2D eigenvalue weighted by Gasteiger charge is -2.02. The van der Waals surface area contributed by atoms with Crippen molar-refractivity contribution in [1.82, 2.24) is 5.32 Å². The Morgan fingerprint density at radius 2 is 2.22 bits per heavy atom. The summed E-state index contributed by atoms with van der Waals surface area (Å²) in [6.45, 7) is 3.45. The first kappa shape index (κ1) is 11.6. The predicted octanol–water partition coefficient (Wildman–Crippen LogP) is 3.43. The molecule has 0 atom stereocenters. The molecule has 3 nitrogen and oxygen atoms in total. The summed E-state index contributed by atoms with van der Waals surface area (Å²) in [5.74, 6) is 2.62. The zero-order valence-electron chi connectivity index (χ0n) is 11.0. The number of furan rings is 1. The van der Waals surface area contributed by atoms with Crippen molar-refractivity contribution in [2.24, 2.45) is 0 Å². The lowest BCUT2D eigenvalue weighted by molar-refractivity contribution is 0.337. The van der Waals surface area contributed by atoms with Crippen molar-refractivity contribution < 1.29 is 9.15 Å². The third-order valence-corrected chi connectivity index (χ3v) is 3.42. The van der Waals surface area contributed by atoms with E-state index >= 15 is 0 Å². The fraction of sp³-hybridized carbons (Fsp3) is 0.467. The van der Waals surface area contributed by atoms with Crippen molar-refractivity contribution in [3.05, 3.63) is 29.5 Å². The highest BCUT2D eigenvalue weighted by Gasteiger charge is 2.31. The summed E-state index contributed by atoms with van der Waals surface area (Å²) >= 11 is 0. The molecular weight excluding hydrogens is 226 g/mol. The maximum atomic E-state index is 6.04. The first-order valence-electron chi connectivity index (χ1n) is 6.66. The maximum Gasteiger partial charge on any atom is 0.176 e. The van der Waals surface area contributed by atoms with Gasteiger partial charge in [0.05, 0.1) is 13.2 Å². The molecule has 1 heterocycles. The van der Waals surface area contributed by atoms with Gasteiger partial charge in [0.2, 0.25) is 0 Å². The van der Waals surface area contributed by atoms with E-state index in [1.165, 1.54) is 23.8 Å². The molecule has 0 unspecified atom stereocenters. The molecule has 3 rings (SSSR count). The van der Waals surface area contributed by atoms with Crippen molar-refractivity contribution in [2.45, 2.75) is 32.2 Å². The van der Waals surface area contributed by atoms with Crippen molar-refractivity contribution >= 4 is 11.0 Å². The van der Waals surface area contributed by atoms with E-state index < -0.39 is 0 Å². The van der Waals surface area contributed by atoms with Crippen molar-refractivity contribution in [1.29, 1.82) is 0 Å². The number of nitrogens with one attached hydrogen (secondary N) is 1. The van der Waals surface area contributed by atoms with Gasteiger partial charge in [-0.1, -0.05) is 12.1 Å². The van der Waals surface area contributed by atoms with Gasteiger partial charge in [-0.25, -0.2) is 0 Å². The van der Waals surface area contributed by atoms with Crippen LogP contribution in [-0.2, 0) is 6.54 Å².